The molecule has 0 radical (unpaired) electrons. The van der Waals surface area contributed by atoms with Gasteiger partial charge in [0.25, 0.3) is 5.56 Å². The molecule has 2 heterocycles. The third-order valence-corrected chi connectivity index (χ3v) is 5.13. The zero-order valence-electron chi connectivity index (χ0n) is 14.0. The lowest BCUT2D eigenvalue weighted by Gasteiger charge is -2.08. The number of hydrogen-bond acceptors (Lipinski definition) is 4. The molecule has 3 rings (SSSR count). The summed E-state index contributed by atoms with van der Waals surface area (Å²) in [5.41, 5.74) is 1.12. The molecule has 0 spiro atoms. The van der Waals surface area contributed by atoms with Crippen LogP contribution in [0.5, 0.6) is 0 Å². The quantitative estimate of drug-likeness (QED) is 0.762. The third kappa shape index (κ3) is 3.76. The van der Waals surface area contributed by atoms with Crippen molar-refractivity contribution in [1.29, 1.82) is 0 Å². The van der Waals surface area contributed by atoms with Crippen LogP contribution in [0.25, 0.3) is 10.2 Å². The van der Waals surface area contributed by atoms with E-state index in [1.807, 2.05) is 13.0 Å². The van der Waals surface area contributed by atoms with E-state index in [1.165, 1.54) is 28.3 Å². The summed E-state index contributed by atoms with van der Waals surface area (Å²) in [6.07, 6.45) is 2.25. The number of carbonyl (C=O) groups is 1. The molecule has 0 saturated heterocycles. The van der Waals surface area contributed by atoms with Gasteiger partial charge in [-0.05, 0) is 36.6 Å². The summed E-state index contributed by atoms with van der Waals surface area (Å²) in [4.78, 5) is 30.6. The second-order valence-electron chi connectivity index (χ2n) is 5.82. The Morgan fingerprint density at radius 1 is 1.36 bits per heavy atom. The van der Waals surface area contributed by atoms with E-state index in [4.69, 9.17) is 0 Å². The Bertz CT molecular complexity index is 994. The van der Waals surface area contributed by atoms with Crippen LogP contribution >= 0.6 is 11.3 Å². The van der Waals surface area contributed by atoms with Crippen LogP contribution < -0.4 is 10.9 Å². The average molecular weight is 359 g/mol. The highest BCUT2D eigenvalue weighted by Crippen LogP contribution is 2.20. The normalized spacial score (nSPS) is 11.0. The van der Waals surface area contributed by atoms with Gasteiger partial charge < -0.3 is 5.32 Å². The molecule has 1 N–H and O–H groups in total. The fourth-order valence-corrected chi connectivity index (χ4v) is 3.45. The topological polar surface area (TPSA) is 64.0 Å². The molecule has 0 saturated carbocycles. The Balaban J connectivity index is 1.70. The Labute approximate surface area is 148 Å². The number of nitrogens with one attached hydrogen (secondary N) is 1. The van der Waals surface area contributed by atoms with E-state index in [0.717, 1.165) is 16.9 Å². The van der Waals surface area contributed by atoms with Gasteiger partial charge in [0, 0.05) is 11.4 Å². The Morgan fingerprint density at radius 2 is 2.16 bits per heavy atom. The first kappa shape index (κ1) is 17.3. The number of fused-ring (bicyclic) bond motifs is 1. The predicted molar refractivity (Wildman–Crippen MR) is 96.2 cm³/mol. The van der Waals surface area contributed by atoms with Crippen molar-refractivity contribution in [2.75, 3.05) is 0 Å². The number of aryl methyl sites for hydroxylation is 2. The molecule has 2 aromatic heterocycles. The van der Waals surface area contributed by atoms with Gasteiger partial charge in [-0.2, -0.15) is 0 Å². The first-order valence-corrected chi connectivity index (χ1v) is 8.79. The predicted octanol–water partition coefficient (Wildman–Crippen LogP) is 2.78. The van der Waals surface area contributed by atoms with Crippen LogP contribution in [0.2, 0.25) is 0 Å². The molecule has 0 aliphatic heterocycles. The molecule has 0 unspecified atom stereocenters. The number of aromatic nitrogens is 2. The van der Waals surface area contributed by atoms with E-state index < -0.39 is 0 Å². The van der Waals surface area contributed by atoms with Crippen LogP contribution in [0.1, 0.15) is 22.9 Å². The molecule has 0 aliphatic carbocycles. The van der Waals surface area contributed by atoms with Gasteiger partial charge in [-0.15, -0.1) is 11.3 Å². The molecule has 3 aromatic rings. The van der Waals surface area contributed by atoms with Gasteiger partial charge in [0.05, 0.1) is 11.7 Å². The lowest BCUT2D eigenvalue weighted by atomic mass is 10.1. The van der Waals surface area contributed by atoms with Gasteiger partial charge in [0.15, 0.2) is 0 Å². The van der Waals surface area contributed by atoms with E-state index in [-0.39, 0.29) is 30.4 Å². The van der Waals surface area contributed by atoms with Crippen molar-refractivity contribution < 1.29 is 9.18 Å². The van der Waals surface area contributed by atoms with Crippen LogP contribution in [-0.4, -0.2) is 15.5 Å². The fourth-order valence-electron chi connectivity index (χ4n) is 2.52. The van der Waals surface area contributed by atoms with E-state index in [0.29, 0.717) is 15.8 Å². The van der Waals surface area contributed by atoms with E-state index in [1.54, 1.807) is 19.1 Å². The lowest BCUT2D eigenvalue weighted by Crippen LogP contribution is -2.32. The van der Waals surface area contributed by atoms with Crippen molar-refractivity contribution in [2.24, 2.45) is 0 Å². The maximum atomic E-state index is 13.3. The molecule has 5 nitrogen and oxygen atoms in total. The number of halogens is 1. The third-order valence-electron chi connectivity index (χ3n) is 3.94. The highest BCUT2D eigenvalue weighted by atomic mass is 32.1. The fraction of sp³-hybridized carbons (Fsp3) is 0.278. The average Bonchev–Trinajstić information content (AvgIpc) is 3.03. The second kappa shape index (κ2) is 7.14. The Morgan fingerprint density at radius 3 is 2.88 bits per heavy atom. The first-order chi connectivity index (χ1) is 12.0. The minimum absolute atomic E-state index is 0.0980. The number of hydrogen-bond donors (Lipinski definition) is 1. The Hall–Kier alpha value is -2.54. The minimum atomic E-state index is -0.295. The van der Waals surface area contributed by atoms with Crippen LogP contribution in [0.3, 0.4) is 0 Å². The first-order valence-electron chi connectivity index (χ1n) is 7.97. The summed E-state index contributed by atoms with van der Waals surface area (Å²) in [6.45, 7) is 3.88. The number of amides is 1. The summed E-state index contributed by atoms with van der Waals surface area (Å²) < 4.78 is 14.6. The van der Waals surface area contributed by atoms with E-state index in [9.17, 15) is 14.0 Å². The summed E-state index contributed by atoms with van der Waals surface area (Å²) in [6, 6.07) is 6.53. The zero-order valence-corrected chi connectivity index (χ0v) is 14.8. The van der Waals surface area contributed by atoms with E-state index >= 15 is 0 Å². The number of rotatable bonds is 5. The molecule has 0 fully saturated rings. The summed E-state index contributed by atoms with van der Waals surface area (Å²) >= 11 is 1.49. The molecule has 7 heteroatoms. The van der Waals surface area contributed by atoms with Gasteiger partial charge in [-0.1, -0.05) is 19.1 Å². The SMILES string of the molecule is CCc1cc2c(=O)n(CC(=O)NCc3ccc(F)c(C)c3)cnc2s1. The zero-order chi connectivity index (χ0) is 18.0. The molecule has 25 heavy (non-hydrogen) atoms. The molecule has 0 aliphatic rings. The van der Waals surface area contributed by atoms with Gasteiger partial charge in [-0.25, -0.2) is 9.37 Å². The highest BCUT2D eigenvalue weighted by Gasteiger charge is 2.11. The molecule has 130 valence electrons. The van der Waals surface area contributed by atoms with Gasteiger partial charge >= 0.3 is 0 Å². The molecular formula is C18H18FN3O2S. The Kier molecular flexibility index (Phi) is 4.94. The second-order valence-corrected chi connectivity index (χ2v) is 6.94. The van der Waals surface area contributed by atoms with Crippen molar-refractivity contribution in [2.45, 2.75) is 33.4 Å². The minimum Gasteiger partial charge on any atom is -0.350 e. The van der Waals surface area contributed by atoms with Crippen LogP contribution in [0, 0.1) is 12.7 Å². The van der Waals surface area contributed by atoms with Gasteiger partial charge in [-0.3, -0.25) is 14.2 Å². The van der Waals surface area contributed by atoms with Crippen molar-refractivity contribution >= 4 is 27.5 Å². The molecule has 1 amide bonds. The number of carbonyl (C=O) groups excluding carboxylic acids is 1. The van der Waals surface area contributed by atoms with Gasteiger partial charge in [0.2, 0.25) is 5.91 Å². The maximum absolute atomic E-state index is 13.3. The smallest absolute Gasteiger partial charge is 0.262 e. The van der Waals surface area contributed by atoms with Crippen molar-refractivity contribution in [3.63, 3.8) is 0 Å². The number of nitrogens with zero attached hydrogens (tertiary/aromatic N) is 2. The van der Waals surface area contributed by atoms with Crippen molar-refractivity contribution in [3.8, 4) is 0 Å². The number of thiophene rings is 1. The summed E-state index contributed by atoms with van der Waals surface area (Å²) in [5.74, 6) is -0.570. The maximum Gasteiger partial charge on any atom is 0.262 e. The van der Waals surface area contributed by atoms with Crippen LogP contribution in [-0.2, 0) is 24.3 Å². The summed E-state index contributed by atoms with van der Waals surface area (Å²) in [5, 5.41) is 3.29. The van der Waals surface area contributed by atoms with Crippen molar-refractivity contribution in [1.82, 2.24) is 14.9 Å². The largest absolute Gasteiger partial charge is 0.350 e. The van der Waals surface area contributed by atoms with Crippen molar-refractivity contribution in [3.05, 3.63) is 62.8 Å². The molecule has 0 atom stereocenters. The summed E-state index contributed by atoms with van der Waals surface area (Å²) in [7, 11) is 0. The van der Waals surface area contributed by atoms with Crippen LogP contribution in [0.4, 0.5) is 4.39 Å². The van der Waals surface area contributed by atoms with E-state index in [2.05, 4.69) is 10.3 Å². The molecule has 1 aromatic carbocycles. The van der Waals surface area contributed by atoms with Crippen LogP contribution in [0.15, 0.2) is 35.4 Å². The van der Waals surface area contributed by atoms with Gasteiger partial charge in [0.1, 0.15) is 17.2 Å². The molecule has 0 bridgehead atoms. The highest BCUT2D eigenvalue weighted by molar-refractivity contribution is 7.18. The number of benzene rings is 1. The standard InChI is InChI=1S/C18H18FN3O2S/c1-3-13-7-14-17(25-13)21-10-22(18(14)24)9-16(23)20-8-12-4-5-15(19)11(2)6-12/h4-7,10H,3,8-9H2,1-2H3,(H,20,23). The lowest BCUT2D eigenvalue weighted by molar-refractivity contribution is -0.121. The monoisotopic (exact) mass is 359 g/mol. The molecular weight excluding hydrogens is 341 g/mol.